The summed E-state index contributed by atoms with van der Waals surface area (Å²) in [7, 11) is 3.02. The summed E-state index contributed by atoms with van der Waals surface area (Å²) in [5, 5.41) is 6.22. The van der Waals surface area contributed by atoms with Crippen molar-refractivity contribution in [2.45, 2.75) is 19.4 Å². The number of urea groups is 1. The van der Waals surface area contributed by atoms with Gasteiger partial charge in [-0.1, -0.05) is 47.5 Å². The van der Waals surface area contributed by atoms with Gasteiger partial charge in [0.1, 0.15) is 11.5 Å². The van der Waals surface area contributed by atoms with Gasteiger partial charge in [0.15, 0.2) is 0 Å². The molecule has 6 nitrogen and oxygen atoms in total. The summed E-state index contributed by atoms with van der Waals surface area (Å²) < 4.78 is 10.6. The molecule has 0 aliphatic carbocycles. The maximum atomic E-state index is 12.8. The zero-order valence-corrected chi connectivity index (χ0v) is 17.9. The van der Waals surface area contributed by atoms with Gasteiger partial charge in [-0.05, 0) is 31.0 Å². The Kier molecular flexibility index (Phi) is 7.14. The van der Waals surface area contributed by atoms with Crippen molar-refractivity contribution >= 4 is 23.3 Å². The van der Waals surface area contributed by atoms with Crippen molar-refractivity contribution in [1.29, 1.82) is 0 Å². The van der Waals surface area contributed by atoms with Crippen molar-refractivity contribution in [3.8, 4) is 11.5 Å². The minimum absolute atomic E-state index is 0.311. The van der Waals surface area contributed by atoms with Crippen molar-refractivity contribution in [3.63, 3.8) is 0 Å². The summed E-state index contributed by atoms with van der Waals surface area (Å²) >= 11 is 6.14. The number of hydrogen-bond acceptors (Lipinski definition) is 4. The van der Waals surface area contributed by atoms with E-state index in [0.717, 1.165) is 11.3 Å². The molecule has 0 fully saturated rings. The van der Waals surface area contributed by atoms with E-state index in [1.807, 2.05) is 25.1 Å². The molecular weight excluding hydrogens is 402 g/mol. The molecule has 1 unspecified atom stereocenters. The van der Waals surface area contributed by atoms with E-state index in [1.165, 1.54) is 19.8 Å². The second-order valence-electron chi connectivity index (χ2n) is 6.78. The van der Waals surface area contributed by atoms with Crippen molar-refractivity contribution < 1.29 is 14.3 Å². The second kappa shape index (κ2) is 9.98. The van der Waals surface area contributed by atoms with E-state index >= 15 is 0 Å². The van der Waals surface area contributed by atoms with Crippen LogP contribution in [-0.4, -0.2) is 25.2 Å². The molecule has 1 atom stereocenters. The first-order valence-corrected chi connectivity index (χ1v) is 9.83. The lowest BCUT2D eigenvalue weighted by Crippen LogP contribution is -2.34. The molecule has 3 rings (SSSR count). The van der Waals surface area contributed by atoms with Gasteiger partial charge in [-0.15, -0.1) is 0 Å². The van der Waals surface area contributed by atoms with E-state index in [9.17, 15) is 4.79 Å². The highest BCUT2D eigenvalue weighted by Crippen LogP contribution is 2.35. The lowest BCUT2D eigenvalue weighted by molar-refractivity contribution is 0.248. The monoisotopic (exact) mass is 425 g/mol. The van der Waals surface area contributed by atoms with Crippen molar-refractivity contribution in [2.75, 3.05) is 19.5 Å². The summed E-state index contributed by atoms with van der Waals surface area (Å²) in [5.74, 6) is 0.873. The van der Waals surface area contributed by atoms with Crippen LogP contribution in [0.25, 0.3) is 0 Å². The smallest absolute Gasteiger partial charge is 0.319 e. The largest absolute Gasteiger partial charge is 0.495 e. The number of nitrogens with zero attached hydrogens (tertiary/aromatic N) is 1. The summed E-state index contributed by atoms with van der Waals surface area (Å²) in [6.07, 6.45) is 2.32. The number of ether oxygens (including phenoxy) is 2. The Morgan fingerprint density at radius 3 is 2.43 bits per heavy atom. The number of amides is 2. The molecule has 1 heterocycles. The molecule has 3 aromatic rings. The van der Waals surface area contributed by atoms with Crippen molar-refractivity contribution in [1.82, 2.24) is 10.3 Å². The highest BCUT2D eigenvalue weighted by atomic mass is 35.5. The average molecular weight is 426 g/mol. The number of anilines is 1. The first kappa shape index (κ1) is 21.5. The van der Waals surface area contributed by atoms with Crippen LogP contribution in [0.4, 0.5) is 10.5 Å². The number of carbonyl (C=O) groups excluding carboxylic acids is 1. The number of pyridine rings is 1. The molecule has 2 N–H and O–H groups in total. The quantitative estimate of drug-likeness (QED) is 0.548. The van der Waals surface area contributed by atoms with Crippen LogP contribution >= 0.6 is 11.6 Å². The SMILES string of the molecule is COc1cc(NC(=O)NC(Cc2ccc(C)cc2)c2ccccn2)c(OC)cc1Cl. The van der Waals surface area contributed by atoms with Crippen LogP contribution < -0.4 is 20.1 Å². The topological polar surface area (TPSA) is 72.5 Å². The third-order valence-corrected chi connectivity index (χ3v) is 4.93. The molecule has 0 radical (unpaired) electrons. The van der Waals surface area contributed by atoms with Crippen molar-refractivity contribution in [3.05, 3.63) is 82.6 Å². The molecular formula is C23H24ClN3O3. The van der Waals surface area contributed by atoms with E-state index in [2.05, 4.69) is 39.9 Å². The van der Waals surface area contributed by atoms with E-state index in [0.29, 0.717) is 28.6 Å². The van der Waals surface area contributed by atoms with E-state index in [1.54, 1.807) is 18.3 Å². The van der Waals surface area contributed by atoms with Crippen LogP contribution in [0, 0.1) is 6.92 Å². The number of rotatable bonds is 7. The number of hydrogen-bond donors (Lipinski definition) is 2. The normalized spacial score (nSPS) is 11.5. The number of carbonyl (C=O) groups is 1. The van der Waals surface area contributed by atoms with Gasteiger partial charge in [-0.2, -0.15) is 0 Å². The van der Waals surface area contributed by atoms with Crippen LogP contribution in [0.15, 0.2) is 60.8 Å². The Morgan fingerprint density at radius 2 is 1.80 bits per heavy atom. The Morgan fingerprint density at radius 1 is 1.07 bits per heavy atom. The molecule has 7 heteroatoms. The lowest BCUT2D eigenvalue weighted by atomic mass is 10.0. The average Bonchev–Trinajstić information content (AvgIpc) is 2.76. The minimum Gasteiger partial charge on any atom is -0.495 e. The Bertz CT molecular complexity index is 995. The number of aryl methyl sites for hydroxylation is 1. The molecule has 0 spiro atoms. The Hall–Kier alpha value is -3.25. The fourth-order valence-electron chi connectivity index (χ4n) is 3.05. The minimum atomic E-state index is -0.388. The molecule has 0 aliphatic rings. The number of nitrogens with one attached hydrogen (secondary N) is 2. The molecule has 0 saturated heterocycles. The predicted octanol–water partition coefficient (Wildman–Crippen LogP) is 5.17. The standard InChI is InChI=1S/C23H24ClN3O3/c1-15-7-9-16(10-8-15)12-19(18-6-4-5-11-25-18)26-23(28)27-20-14-21(29-2)17(24)13-22(20)30-3/h4-11,13-14,19H,12H2,1-3H3,(H2,26,27,28). The third-order valence-electron chi connectivity index (χ3n) is 4.63. The zero-order valence-electron chi connectivity index (χ0n) is 17.1. The van der Waals surface area contributed by atoms with Gasteiger partial charge >= 0.3 is 6.03 Å². The maximum Gasteiger partial charge on any atom is 0.319 e. The molecule has 0 aliphatic heterocycles. The molecule has 2 aromatic carbocycles. The van der Waals surface area contributed by atoms with Gasteiger partial charge in [0, 0.05) is 18.3 Å². The van der Waals surface area contributed by atoms with Crippen LogP contribution in [0.3, 0.4) is 0 Å². The van der Waals surface area contributed by atoms with Gasteiger partial charge in [-0.25, -0.2) is 4.79 Å². The molecule has 30 heavy (non-hydrogen) atoms. The van der Waals surface area contributed by atoms with Crippen LogP contribution in [0.2, 0.25) is 5.02 Å². The van der Waals surface area contributed by atoms with Gasteiger partial charge in [-0.3, -0.25) is 4.98 Å². The van der Waals surface area contributed by atoms with Gasteiger partial charge < -0.3 is 20.1 Å². The fraction of sp³-hybridized carbons (Fsp3) is 0.217. The summed E-state index contributed by atoms with van der Waals surface area (Å²) in [6, 6.07) is 16.4. The van der Waals surface area contributed by atoms with Crippen molar-refractivity contribution in [2.24, 2.45) is 0 Å². The van der Waals surface area contributed by atoms with Crippen LogP contribution in [0.1, 0.15) is 22.9 Å². The first-order chi connectivity index (χ1) is 14.5. The van der Waals surface area contributed by atoms with E-state index in [4.69, 9.17) is 21.1 Å². The molecule has 0 saturated carbocycles. The second-order valence-corrected chi connectivity index (χ2v) is 7.19. The predicted molar refractivity (Wildman–Crippen MR) is 119 cm³/mol. The molecule has 156 valence electrons. The summed E-state index contributed by atoms with van der Waals surface area (Å²) in [5.41, 5.74) is 3.50. The number of methoxy groups -OCH3 is 2. The maximum absolute atomic E-state index is 12.8. The highest BCUT2D eigenvalue weighted by Gasteiger charge is 2.18. The summed E-state index contributed by atoms with van der Waals surface area (Å²) in [4.78, 5) is 17.2. The highest BCUT2D eigenvalue weighted by molar-refractivity contribution is 6.32. The number of aromatic nitrogens is 1. The third kappa shape index (κ3) is 5.42. The molecule has 0 bridgehead atoms. The van der Waals surface area contributed by atoms with E-state index in [-0.39, 0.29) is 12.1 Å². The lowest BCUT2D eigenvalue weighted by Gasteiger charge is -2.20. The fourth-order valence-corrected chi connectivity index (χ4v) is 3.28. The Labute approximate surface area is 181 Å². The first-order valence-electron chi connectivity index (χ1n) is 9.45. The van der Waals surface area contributed by atoms with Gasteiger partial charge in [0.25, 0.3) is 0 Å². The Balaban J connectivity index is 1.80. The van der Waals surface area contributed by atoms with Crippen LogP contribution in [-0.2, 0) is 6.42 Å². The summed E-state index contributed by atoms with van der Waals surface area (Å²) in [6.45, 7) is 2.04. The van der Waals surface area contributed by atoms with E-state index < -0.39 is 0 Å². The van der Waals surface area contributed by atoms with Gasteiger partial charge in [0.05, 0.1) is 36.7 Å². The van der Waals surface area contributed by atoms with Gasteiger partial charge in [0.2, 0.25) is 0 Å². The van der Waals surface area contributed by atoms with Crippen LogP contribution in [0.5, 0.6) is 11.5 Å². The number of benzene rings is 2. The molecule has 2 amide bonds. The zero-order chi connectivity index (χ0) is 21.5. The number of halogens is 1. The molecule has 1 aromatic heterocycles.